The van der Waals surface area contributed by atoms with Crippen LogP contribution in [0.5, 0.6) is 0 Å². The fourth-order valence-corrected chi connectivity index (χ4v) is 5.40. The summed E-state index contributed by atoms with van der Waals surface area (Å²) in [7, 11) is 0. The van der Waals surface area contributed by atoms with E-state index in [1.807, 2.05) is 43.0 Å². The third kappa shape index (κ3) is 6.47. The lowest BCUT2D eigenvalue weighted by molar-refractivity contribution is -0.137. The minimum Gasteiger partial charge on any atom is -0.368 e. The van der Waals surface area contributed by atoms with E-state index in [-0.39, 0.29) is 48.1 Å². The third-order valence-electron chi connectivity index (χ3n) is 7.64. The highest BCUT2D eigenvalue weighted by Crippen LogP contribution is 2.30. The van der Waals surface area contributed by atoms with Crippen molar-refractivity contribution < 1.29 is 19.1 Å². The maximum absolute atomic E-state index is 13.2. The summed E-state index contributed by atoms with van der Waals surface area (Å²) in [5, 5.41) is 3.10. The Morgan fingerprint density at radius 2 is 1.79 bits per heavy atom. The van der Waals surface area contributed by atoms with Gasteiger partial charge in [-0.05, 0) is 62.1 Å². The summed E-state index contributed by atoms with van der Waals surface area (Å²) < 4.78 is 5.61. The van der Waals surface area contributed by atoms with Crippen molar-refractivity contribution >= 4 is 17.6 Å². The van der Waals surface area contributed by atoms with Gasteiger partial charge in [0.2, 0.25) is 5.91 Å². The first-order chi connectivity index (χ1) is 16.4. The highest BCUT2D eigenvalue weighted by atomic mass is 16.5. The van der Waals surface area contributed by atoms with E-state index >= 15 is 0 Å². The Morgan fingerprint density at radius 3 is 2.50 bits per heavy atom. The zero-order valence-electron chi connectivity index (χ0n) is 20.8. The molecule has 6 nitrogen and oxygen atoms in total. The van der Waals surface area contributed by atoms with Crippen LogP contribution in [0.4, 0.5) is 0 Å². The van der Waals surface area contributed by atoms with Crippen LogP contribution >= 0.6 is 0 Å². The summed E-state index contributed by atoms with van der Waals surface area (Å²) in [6.07, 6.45) is 9.81. The van der Waals surface area contributed by atoms with Crippen molar-refractivity contribution in [2.45, 2.75) is 89.7 Å². The smallest absolute Gasteiger partial charge is 0.251 e. The van der Waals surface area contributed by atoms with Gasteiger partial charge in [-0.25, -0.2) is 0 Å². The first-order valence-electron chi connectivity index (χ1n) is 13.3. The largest absolute Gasteiger partial charge is 0.368 e. The average Bonchev–Trinajstić information content (AvgIpc) is 3.70. The van der Waals surface area contributed by atoms with Crippen molar-refractivity contribution in [1.29, 1.82) is 0 Å². The lowest BCUT2D eigenvalue weighted by Crippen LogP contribution is -2.48. The molecule has 186 valence electrons. The minimum absolute atomic E-state index is 0.0630. The molecule has 2 saturated carbocycles. The average molecular weight is 469 g/mol. The number of carbonyl (C=O) groups excluding carboxylic acids is 3. The Labute approximate surface area is 203 Å². The number of ether oxygens (including phenoxy) is 1. The number of ketones is 1. The number of Topliss-reactive ketones (excluding diaryl/α,β-unsaturated/α-hetero) is 1. The number of hydrogen-bond donors (Lipinski definition) is 1. The topological polar surface area (TPSA) is 75.7 Å². The number of nitrogens with zero attached hydrogens (tertiary/aromatic N) is 1. The Kier molecular flexibility index (Phi) is 8.41. The molecule has 0 spiro atoms. The first kappa shape index (κ1) is 24.9. The first-order valence-corrected chi connectivity index (χ1v) is 13.3. The molecule has 2 amide bonds. The molecule has 34 heavy (non-hydrogen) atoms. The van der Waals surface area contributed by atoms with Gasteiger partial charge >= 0.3 is 0 Å². The van der Waals surface area contributed by atoms with Crippen LogP contribution in [0.2, 0.25) is 0 Å². The van der Waals surface area contributed by atoms with Crippen LogP contribution < -0.4 is 5.32 Å². The van der Waals surface area contributed by atoms with Gasteiger partial charge in [0.15, 0.2) is 5.78 Å². The summed E-state index contributed by atoms with van der Waals surface area (Å²) in [4.78, 5) is 40.7. The van der Waals surface area contributed by atoms with Gasteiger partial charge in [0.05, 0.1) is 12.1 Å². The molecule has 0 aromatic heterocycles. The highest BCUT2D eigenvalue weighted by Gasteiger charge is 2.33. The molecular formula is C28H40N2O4. The summed E-state index contributed by atoms with van der Waals surface area (Å²) >= 11 is 0. The van der Waals surface area contributed by atoms with E-state index in [9.17, 15) is 14.4 Å². The fraction of sp³-hybridized carbons (Fsp3) is 0.679. The molecule has 1 heterocycles. The normalized spacial score (nSPS) is 22.4. The Hall–Kier alpha value is -2.21. The fourth-order valence-electron chi connectivity index (χ4n) is 5.40. The molecule has 1 N–H and O–H groups in total. The summed E-state index contributed by atoms with van der Waals surface area (Å²) in [5.41, 5.74) is 1.67. The molecule has 1 aromatic carbocycles. The van der Waals surface area contributed by atoms with Gasteiger partial charge in [-0.1, -0.05) is 45.2 Å². The number of hydrogen-bond acceptors (Lipinski definition) is 4. The molecule has 2 unspecified atom stereocenters. The van der Waals surface area contributed by atoms with E-state index in [0.717, 1.165) is 63.5 Å². The third-order valence-corrected chi connectivity index (χ3v) is 7.64. The zero-order chi connectivity index (χ0) is 24.1. The second kappa shape index (κ2) is 11.5. The van der Waals surface area contributed by atoms with Gasteiger partial charge in [-0.15, -0.1) is 0 Å². The second-order valence-corrected chi connectivity index (χ2v) is 10.7. The van der Waals surface area contributed by atoms with Gasteiger partial charge in [0, 0.05) is 30.5 Å². The molecule has 1 aromatic rings. The minimum atomic E-state index is -0.411. The SMILES string of the molecule is CC(C)C(=O)C(NC(=O)c1cccc(C2CCCN(C(=O)COC3CC3)C2)c1)C1CCCCC1. The second-order valence-electron chi connectivity index (χ2n) is 10.7. The van der Waals surface area contributed by atoms with Gasteiger partial charge in [-0.2, -0.15) is 0 Å². The molecule has 0 bridgehead atoms. The van der Waals surface area contributed by atoms with E-state index < -0.39 is 6.04 Å². The molecule has 1 aliphatic heterocycles. The lowest BCUT2D eigenvalue weighted by atomic mass is 9.80. The van der Waals surface area contributed by atoms with Gasteiger partial charge in [0.1, 0.15) is 6.61 Å². The number of amides is 2. The monoisotopic (exact) mass is 468 g/mol. The number of carbonyl (C=O) groups is 3. The molecule has 0 radical (unpaired) electrons. The Morgan fingerprint density at radius 1 is 1.03 bits per heavy atom. The number of benzene rings is 1. The van der Waals surface area contributed by atoms with Crippen LogP contribution in [0.25, 0.3) is 0 Å². The van der Waals surface area contributed by atoms with Crippen molar-refractivity contribution in [2.24, 2.45) is 11.8 Å². The van der Waals surface area contributed by atoms with Crippen molar-refractivity contribution in [2.75, 3.05) is 19.7 Å². The molecule has 4 rings (SSSR count). The van der Waals surface area contributed by atoms with E-state index in [1.54, 1.807) is 0 Å². The summed E-state index contributed by atoms with van der Waals surface area (Å²) in [6, 6.07) is 7.33. The Bertz CT molecular complexity index is 873. The standard InChI is InChI=1S/C28H40N2O4/c1-19(2)27(32)26(20-8-4-3-5-9-20)29-28(33)22-11-6-10-21(16-22)23-12-7-15-30(17-23)25(31)18-34-24-13-14-24/h6,10-11,16,19-20,23-24,26H,3-5,7-9,12-15,17-18H2,1-2H3,(H,29,33). The molecule has 3 fully saturated rings. The molecule has 6 heteroatoms. The quantitative estimate of drug-likeness (QED) is 0.580. The van der Waals surface area contributed by atoms with Crippen molar-refractivity contribution in [3.05, 3.63) is 35.4 Å². The van der Waals surface area contributed by atoms with Crippen LogP contribution in [0, 0.1) is 11.8 Å². The zero-order valence-corrected chi connectivity index (χ0v) is 20.8. The molecule has 1 saturated heterocycles. The summed E-state index contributed by atoms with van der Waals surface area (Å²) in [5.74, 6) is 0.352. The van der Waals surface area contributed by atoms with Gasteiger partial charge < -0.3 is 15.0 Å². The number of likely N-dealkylation sites (tertiary alicyclic amines) is 1. The highest BCUT2D eigenvalue weighted by molar-refractivity contribution is 5.98. The van der Waals surface area contributed by atoms with Crippen LogP contribution in [0.1, 0.15) is 93.5 Å². The number of nitrogens with one attached hydrogen (secondary N) is 1. The maximum Gasteiger partial charge on any atom is 0.251 e. The Balaban J connectivity index is 1.41. The van der Waals surface area contributed by atoms with Crippen LogP contribution in [-0.4, -0.2) is 54.3 Å². The van der Waals surface area contributed by atoms with E-state index in [0.29, 0.717) is 12.1 Å². The predicted octanol–water partition coefficient (Wildman–Crippen LogP) is 4.48. The molecule has 2 atom stereocenters. The number of piperidine rings is 1. The molecule has 2 aliphatic carbocycles. The van der Waals surface area contributed by atoms with E-state index in [1.165, 1.54) is 6.42 Å². The van der Waals surface area contributed by atoms with Gasteiger partial charge in [-0.3, -0.25) is 14.4 Å². The van der Waals surface area contributed by atoms with Gasteiger partial charge in [0.25, 0.3) is 5.91 Å². The van der Waals surface area contributed by atoms with E-state index in [4.69, 9.17) is 4.74 Å². The lowest BCUT2D eigenvalue weighted by Gasteiger charge is -2.33. The van der Waals surface area contributed by atoms with E-state index in [2.05, 4.69) is 5.32 Å². The van der Waals surface area contributed by atoms with Crippen LogP contribution in [-0.2, 0) is 14.3 Å². The van der Waals surface area contributed by atoms with Crippen molar-refractivity contribution in [1.82, 2.24) is 10.2 Å². The maximum atomic E-state index is 13.2. The number of rotatable bonds is 9. The summed E-state index contributed by atoms with van der Waals surface area (Å²) in [6.45, 7) is 5.43. The van der Waals surface area contributed by atoms with Crippen molar-refractivity contribution in [3.8, 4) is 0 Å². The van der Waals surface area contributed by atoms with Crippen LogP contribution in [0.15, 0.2) is 24.3 Å². The molecule has 3 aliphatic rings. The molecular weight excluding hydrogens is 428 g/mol. The van der Waals surface area contributed by atoms with Crippen LogP contribution in [0.3, 0.4) is 0 Å². The van der Waals surface area contributed by atoms with Crippen molar-refractivity contribution in [3.63, 3.8) is 0 Å². The predicted molar refractivity (Wildman–Crippen MR) is 132 cm³/mol.